The average molecular weight is 324 g/mol. The van der Waals surface area contributed by atoms with Crippen LogP contribution >= 0.6 is 0 Å². The summed E-state index contributed by atoms with van der Waals surface area (Å²) in [6.07, 6.45) is 5.29. The van der Waals surface area contributed by atoms with Crippen LogP contribution in [0.3, 0.4) is 0 Å². The van der Waals surface area contributed by atoms with Gasteiger partial charge in [-0.25, -0.2) is 0 Å². The van der Waals surface area contributed by atoms with E-state index in [-0.39, 0.29) is 24.0 Å². The van der Waals surface area contributed by atoms with E-state index in [0.717, 1.165) is 17.7 Å². The van der Waals surface area contributed by atoms with Gasteiger partial charge in [0.2, 0.25) is 0 Å². The third-order valence-electron chi connectivity index (χ3n) is 4.90. The van der Waals surface area contributed by atoms with Crippen molar-refractivity contribution in [2.75, 3.05) is 6.61 Å². The molecule has 2 N–H and O–H groups in total. The van der Waals surface area contributed by atoms with Crippen LogP contribution < -0.4 is 10.1 Å². The second kappa shape index (κ2) is 6.24. The monoisotopic (exact) mass is 324 g/mol. The number of aliphatic hydroxyl groups is 1. The van der Waals surface area contributed by atoms with E-state index in [1.165, 1.54) is 5.56 Å². The van der Waals surface area contributed by atoms with Crippen LogP contribution in [0.25, 0.3) is 0 Å². The van der Waals surface area contributed by atoms with Crippen LogP contribution in [-0.2, 0) is 6.42 Å². The maximum Gasteiger partial charge on any atom is 0.253 e. The van der Waals surface area contributed by atoms with E-state index in [4.69, 9.17) is 4.74 Å². The Bertz CT molecular complexity index is 742. The van der Waals surface area contributed by atoms with Crippen molar-refractivity contribution in [1.29, 1.82) is 0 Å². The highest BCUT2D eigenvalue weighted by Crippen LogP contribution is 2.39. The standard InChI is InChI=1S/C19H20N2O3/c22-16-9-15(10-16)18(21-19(23)14-2-1-6-20-11-14)13-3-4-17-12(8-13)5-7-24-17/h1-4,6,8,11,15-16,18,22H,5,7,9-10H2,(H,21,23). The molecular formula is C19H20N2O3. The molecular weight excluding hydrogens is 304 g/mol. The van der Waals surface area contributed by atoms with Gasteiger partial charge in [0.05, 0.1) is 24.3 Å². The van der Waals surface area contributed by atoms with Gasteiger partial charge in [0, 0.05) is 18.8 Å². The van der Waals surface area contributed by atoms with Crippen molar-refractivity contribution in [3.05, 3.63) is 59.4 Å². The number of carbonyl (C=O) groups is 1. The van der Waals surface area contributed by atoms with Gasteiger partial charge in [0.1, 0.15) is 5.75 Å². The summed E-state index contributed by atoms with van der Waals surface area (Å²) in [5.74, 6) is 1.05. The Labute approximate surface area is 140 Å². The molecule has 1 aromatic heterocycles. The predicted molar refractivity (Wildman–Crippen MR) is 88.8 cm³/mol. The number of aliphatic hydroxyl groups excluding tert-OH is 1. The van der Waals surface area contributed by atoms with Crippen LogP contribution in [0.15, 0.2) is 42.7 Å². The smallest absolute Gasteiger partial charge is 0.253 e. The number of rotatable bonds is 4. The SMILES string of the molecule is O=C(NC(c1ccc2c(c1)CCO2)C1CC(O)C1)c1cccnc1. The number of ether oxygens (including phenoxy) is 1. The minimum Gasteiger partial charge on any atom is -0.493 e. The van der Waals surface area contributed by atoms with E-state index in [0.29, 0.717) is 25.0 Å². The number of pyridine rings is 1. The zero-order valence-corrected chi connectivity index (χ0v) is 13.3. The summed E-state index contributed by atoms with van der Waals surface area (Å²) in [5.41, 5.74) is 2.81. The highest BCUT2D eigenvalue weighted by Gasteiger charge is 2.36. The number of fused-ring (bicyclic) bond motifs is 1. The van der Waals surface area contributed by atoms with Crippen LogP contribution in [0.2, 0.25) is 0 Å². The molecule has 0 spiro atoms. The summed E-state index contributed by atoms with van der Waals surface area (Å²) in [4.78, 5) is 16.6. The van der Waals surface area contributed by atoms with Crippen molar-refractivity contribution < 1.29 is 14.6 Å². The van der Waals surface area contributed by atoms with Crippen LogP contribution in [0, 0.1) is 5.92 Å². The Morgan fingerprint density at radius 1 is 1.33 bits per heavy atom. The van der Waals surface area contributed by atoms with Crippen molar-refractivity contribution in [2.24, 2.45) is 5.92 Å². The lowest BCUT2D eigenvalue weighted by Gasteiger charge is -2.38. The molecule has 1 aliphatic carbocycles. The summed E-state index contributed by atoms with van der Waals surface area (Å²) < 4.78 is 5.57. The molecule has 4 rings (SSSR count). The molecule has 1 saturated carbocycles. The minimum atomic E-state index is -0.259. The van der Waals surface area contributed by atoms with Crippen molar-refractivity contribution >= 4 is 5.91 Å². The summed E-state index contributed by atoms with van der Waals surface area (Å²) in [7, 11) is 0. The molecule has 5 nitrogen and oxygen atoms in total. The lowest BCUT2D eigenvalue weighted by Crippen LogP contribution is -2.41. The molecule has 124 valence electrons. The molecule has 2 aliphatic rings. The first kappa shape index (κ1) is 15.1. The lowest BCUT2D eigenvalue weighted by molar-refractivity contribution is 0.0235. The second-order valence-corrected chi connectivity index (χ2v) is 6.54. The zero-order chi connectivity index (χ0) is 16.5. The molecule has 1 atom stereocenters. The molecule has 1 unspecified atom stereocenters. The summed E-state index contributed by atoms with van der Waals surface area (Å²) >= 11 is 0. The second-order valence-electron chi connectivity index (χ2n) is 6.54. The van der Waals surface area contributed by atoms with Gasteiger partial charge >= 0.3 is 0 Å². The van der Waals surface area contributed by atoms with E-state index in [1.807, 2.05) is 12.1 Å². The van der Waals surface area contributed by atoms with E-state index < -0.39 is 0 Å². The zero-order valence-electron chi connectivity index (χ0n) is 13.3. The summed E-state index contributed by atoms with van der Waals surface area (Å²) in [6.45, 7) is 0.716. The highest BCUT2D eigenvalue weighted by atomic mass is 16.5. The van der Waals surface area contributed by atoms with E-state index in [1.54, 1.807) is 24.5 Å². The predicted octanol–water partition coefficient (Wildman–Crippen LogP) is 2.26. The number of hydrogen-bond acceptors (Lipinski definition) is 4. The average Bonchev–Trinajstić information content (AvgIpc) is 3.05. The third kappa shape index (κ3) is 2.87. The molecule has 2 aromatic rings. The van der Waals surface area contributed by atoms with Gasteiger partial charge in [-0.05, 0) is 54.2 Å². The Morgan fingerprint density at radius 3 is 2.96 bits per heavy atom. The van der Waals surface area contributed by atoms with Gasteiger partial charge in [-0.15, -0.1) is 0 Å². The molecule has 1 aliphatic heterocycles. The molecule has 0 bridgehead atoms. The first-order valence-electron chi connectivity index (χ1n) is 8.35. The number of carbonyl (C=O) groups excluding carboxylic acids is 1. The van der Waals surface area contributed by atoms with Crippen LogP contribution in [0.5, 0.6) is 5.75 Å². The molecule has 5 heteroatoms. The van der Waals surface area contributed by atoms with Crippen molar-refractivity contribution in [2.45, 2.75) is 31.4 Å². The summed E-state index contributed by atoms with van der Waals surface area (Å²) in [5, 5.41) is 12.8. The molecule has 1 fully saturated rings. The quantitative estimate of drug-likeness (QED) is 0.905. The molecule has 2 heterocycles. The third-order valence-corrected chi connectivity index (χ3v) is 4.90. The topological polar surface area (TPSA) is 71.5 Å². The van der Waals surface area contributed by atoms with Crippen LogP contribution in [0.1, 0.15) is 40.4 Å². The first-order valence-corrected chi connectivity index (χ1v) is 8.35. The number of hydrogen-bond donors (Lipinski definition) is 2. The van der Waals surface area contributed by atoms with Crippen LogP contribution in [-0.4, -0.2) is 28.7 Å². The minimum absolute atomic E-state index is 0.105. The molecule has 0 radical (unpaired) electrons. The Hall–Kier alpha value is -2.40. The van der Waals surface area contributed by atoms with Crippen molar-refractivity contribution in [3.63, 3.8) is 0 Å². The highest BCUT2D eigenvalue weighted by molar-refractivity contribution is 5.94. The van der Waals surface area contributed by atoms with Gasteiger partial charge in [-0.1, -0.05) is 6.07 Å². The molecule has 0 saturated heterocycles. The normalized spacial score (nSPS) is 22.9. The van der Waals surface area contributed by atoms with E-state index >= 15 is 0 Å². The molecule has 1 amide bonds. The van der Waals surface area contributed by atoms with Gasteiger partial charge in [0.25, 0.3) is 5.91 Å². The van der Waals surface area contributed by atoms with Gasteiger partial charge in [-0.2, -0.15) is 0 Å². The van der Waals surface area contributed by atoms with Gasteiger partial charge in [0.15, 0.2) is 0 Å². The number of nitrogens with zero attached hydrogens (tertiary/aromatic N) is 1. The maximum atomic E-state index is 12.5. The fourth-order valence-electron chi connectivity index (χ4n) is 3.50. The number of aromatic nitrogens is 1. The molecule has 24 heavy (non-hydrogen) atoms. The largest absolute Gasteiger partial charge is 0.493 e. The lowest BCUT2D eigenvalue weighted by atomic mass is 9.74. The Kier molecular flexibility index (Phi) is 3.94. The van der Waals surface area contributed by atoms with E-state index in [9.17, 15) is 9.90 Å². The number of nitrogens with one attached hydrogen (secondary N) is 1. The van der Waals surface area contributed by atoms with Crippen molar-refractivity contribution in [1.82, 2.24) is 10.3 Å². The van der Waals surface area contributed by atoms with Gasteiger partial charge < -0.3 is 15.2 Å². The number of benzene rings is 1. The Balaban J connectivity index is 1.59. The fraction of sp³-hybridized carbons (Fsp3) is 0.368. The van der Waals surface area contributed by atoms with Crippen LogP contribution in [0.4, 0.5) is 0 Å². The van der Waals surface area contributed by atoms with Gasteiger partial charge in [-0.3, -0.25) is 9.78 Å². The molecule has 1 aromatic carbocycles. The Morgan fingerprint density at radius 2 is 2.21 bits per heavy atom. The maximum absolute atomic E-state index is 12.5. The van der Waals surface area contributed by atoms with Crippen molar-refractivity contribution in [3.8, 4) is 5.75 Å². The first-order chi connectivity index (χ1) is 11.7. The fourth-order valence-corrected chi connectivity index (χ4v) is 3.50. The summed E-state index contributed by atoms with van der Waals surface area (Å²) in [6, 6.07) is 9.53. The van der Waals surface area contributed by atoms with E-state index in [2.05, 4.69) is 16.4 Å². The number of amides is 1.